The van der Waals surface area contributed by atoms with Crippen molar-refractivity contribution in [1.29, 1.82) is 0 Å². The van der Waals surface area contributed by atoms with Gasteiger partial charge in [0.2, 0.25) is 0 Å². The Bertz CT molecular complexity index is 736. The highest BCUT2D eigenvalue weighted by Gasteiger charge is 2.07. The molecule has 3 rings (SSSR count). The van der Waals surface area contributed by atoms with Gasteiger partial charge in [0.15, 0.2) is 0 Å². The quantitative estimate of drug-likeness (QED) is 0.658. The minimum atomic E-state index is -0.298. The van der Waals surface area contributed by atoms with E-state index in [-0.39, 0.29) is 5.82 Å². The zero-order valence-corrected chi connectivity index (χ0v) is 10.0. The van der Waals surface area contributed by atoms with E-state index in [2.05, 4.69) is 9.97 Å². The lowest BCUT2D eigenvalue weighted by atomic mass is 10.2. The fourth-order valence-electron chi connectivity index (χ4n) is 1.81. The van der Waals surface area contributed by atoms with Gasteiger partial charge in [-0.2, -0.15) is 0 Å². The van der Waals surface area contributed by atoms with Crippen LogP contribution in [0.15, 0.2) is 36.4 Å². The molecule has 5 heteroatoms. The summed E-state index contributed by atoms with van der Waals surface area (Å²) in [5.41, 5.74) is 8.40. The second-order valence-corrected chi connectivity index (χ2v) is 4.39. The topological polar surface area (TPSA) is 54.7 Å². The molecule has 1 aromatic heterocycles. The average Bonchev–Trinajstić information content (AvgIpc) is 2.75. The minimum absolute atomic E-state index is 0.298. The number of nitrogens with one attached hydrogen (secondary N) is 1. The van der Waals surface area contributed by atoms with Gasteiger partial charge in [-0.05, 0) is 36.4 Å². The number of anilines is 1. The maximum absolute atomic E-state index is 13.1. The minimum Gasteiger partial charge on any atom is -0.398 e. The Labute approximate surface area is 107 Å². The number of fused-ring (bicyclic) bond motifs is 1. The van der Waals surface area contributed by atoms with Crippen molar-refractivity contribution in [3.8, 4) is 11.4 Å². The fraction of sp³-hybridized carbons (Fsp3) is 0. The fourth-order valence-corrected chi connectivity index (χ4v) is 1.93. The lowest BCUT2D eigenvalue weighted by molar-refractivity contribution is 0.629. The van der Waals surface area contributed by atoms with E-state index in [9.17, 15) is 4.39 Å². The molecule has 0 unspecified atom stereocenters. The lowest BCUT2D eigenvalue weighted by Crippen LogP contribution is -1.88. The number of hydrogen-bond donors (Lipinski definition) is 2. The predicted octanol–water partition coefficient (Wildman–Crippen LogP) is 3.60. The van der Waals surface area contributed by atoms with Crippen LogP contribution in [0.2, 0.25) is 5.02 Å². The molecule has 0 amide bonds. The van der Waals surface area contributed by atoms with Crippen LogP contribution < -0.4 is 5.73 Å². The van der Waals surface area contributed by atoms with Gasteiger partial charge in [0.05, 0.1) is 21.7 Å². The first-order valence-electron chi connectivity index (χ1n) is 5.34. The molecular weight excluding hydrogens is 253 g/mol. The van der Waals surface area contributed by atoms with Crippen molar-refractivity contribution in [2.45, 2.75) is 0 Å². The standard InChI is InChI=1S/C13H9ClFN3/c14-9-3-1-7(5-10(9)16)13-17-11-4-2-8(15)6-12(11)18-13/h1-6H,16H2,(H,17,18). The van der Waals surface area contributed by atoms with Crippen molar-refractivity contribution in [3.63, 3.8) is 0 Å². The van der Waals surface area contributed by atoms with E-state index in [1.165, 1.54) is 12.1 Å². The summed E-state index contributed by atoms with van der Waals surface area (Å²) in [6.07, 6.45) is 0. The summed E-state index contributed by atoms with van der Waals surface area (Å²) < 4.78 is 13.1. The van der Waals surface area contributed by atoms with E-state index in [0.29, 0.717) is 27.6 Å². The van der Waals surface area contributed by atoms with Crippen LogP contribution in [0.4, 0.5) is 10.1 Å². The normalized spacial score (nSPS) is 11.0. The maximum Gasteiger partial charge on any atom is 0.138 e. The summed E-state index contributed by atoms with van der Waals surface area (Å²) in [5.74, 6) is 0.340. The molecule has 0 saturated heterocycles. The number of rotatable bonds is 1. The summed E-state index contributed by atoms with van der Waals surface area (Å²) in [4.78, 5) is 7.42. The molecule has 3 aromatic rings. The molecule has 3 nitrogen and oxygen atoms in total. The van der Waals surface area contributed by atoms with Gasteiger partial charge in [-0.1, -0.05) is 11.6 Å². The smallest absolute Gasteiger partial charge is 0.138 e. The number of benzene rings is 2. The third kappa shape index (κ3) is 1.80. The van der Waals surface area contributed by atoms with Crippen molar-refractivity contribution < 1.29 is 4.39 Å². The van der Waals surface area contributed by atoms with Crippen LogP contribution in [0.25, 0.3) is 22.4 Å². The van der Waals surface area contributed by atoms with Crippen LogP contribution in [-0.2, 0) is 0 Å². The second-order valence-electron chi connectivity index (χ2n) is 3.98. The first kappa shape index (κ1) is 11.0. The van der Waals surface area contributed by atoms with Crippen molar-refractivity contribution >= 4 is 28.3 Å². The Kier molecular flexibility index (Phi) is 2.45. The number of hydrogen-bond acceptors (Lipinski definition) is 2. The third-order valence-electron chi connectivity index (χ3n) is 2.71. The van der Waals surface area contributed by atoms with Gasteiger partial charge in [0.25, 0.3) is 0 Å². The summed E-state index contributed by atoms with van der Waals surface area (Å²) in [7, 11) is 0. The Morgan fingerprint density at radius 1 is 1.17 bits per heavy atom. The second kappa shape index (κ2) is 3.99. The van der Waals surface area contributed by atoms with E-state index in [1.54, 1.807) is 18.2 Å². The van der Waals surface area contributed by atoms with Gasteiger partial charge < -0.3 is 10.7 Å². The molecule has 0 bridgehead atoms. The molecule has 0 spiro atoms. The van der Waals surface area contributed by atoms with Crippen molar-refractivity contribution in [1.82, 2.24) is 9.97 Å². The summed E-state index contributed by atoms with van der Waals surface area (Å²) >= 11 is 5.86. The number of aromatic nitrogens is 2. The number of imidazole rings is 1. The van der Waals surface area contributed by atoms with E-state index >= 15 is 0 Å². The molecule has 3 N–H and O–H groups in total. The molecular formula is C13H9ClFN3. The van der Waals surface area contributed by atoms with E-state index in [4.69, 9.17) is 17.3 Å². The molecule has 0 aliphatic rings. The van der Waals surface area contributed by atoms with Crippen LogP contribution in [-0.4, -0.2) is 9.97 Å². The largest absolute Gasteiger partial charge is 0.398 e. The highest BCUT2D eigenvalue weighted by atomic mass is 35.5. The Hall–Kier alpha value is -2.07. The first-order valence-corrected chi connectivity index (χ1v) is 5.72. The summed E-state index contributed by atoms with van der Waals surface area (Å²) in [5, 5.41) is 0.501. The summed E-state index contributed by atoms with van der Waals surface area (Å²) in [6.45, 7) is 0. The maximum atomic E-state index is 13.1. The van der Waals surface area contributed by atoms with E-state index in [0.717, 1.165) is 5.56 Å². The van der Waals surface area contributed by atoms with Crippen molar-refractivity contribution in [2.75, 3.05) is 5.73 Å². The molecule has 1 heterocycles. The average molecular weight is 262 g/mol. The Morgan fingerprint density at radius 3 is 2.78 bits per heavy atom. The first-order chi connectivity index (χ1) is 8.63. The monoisotopic (exact) mass is 261 g/mol. The highest BCUT2D eigenvalue weighted by molar-refractivity contribution is 6.33. The Morgan fingerprint density at radius 2 is 2.00 bits per heavy atom. The third-order valence-corrected chi connectivity index (χ3v) is 3.06. The van der Waals surface area contributed by atoms with Gasteiger partial charge in [-0.15, -0.1) is 0 Å². The van der Waals surface area contributed by atoms with Gasteiger partial charge >= 0.3 is 0 Å². The molecule has 0 fully saturated rings. The molecule has 0 atom stereocenters. The molecule has 0 aliphatic heterocycles. The van der Waals surface area contributed by atoms with Crippen LogP contribution in [0.3, 0.4) is 0 Å². The van der Waals surface area contributed by atoms with Gasteiger partial charge in [0, 0.05) is 5.56 Å². The zero-order chi connectivity index (χ0) is 12.7. The van der Waals surface area contributed by atoms with Gasteiger partial charge in [-0.3, -0.25) is 0 Å². The van der Waals surface area contributed by atoms with Crippen LogP contribution in [0.5, 0.6) is 0 Å². The van der Waals surface area contributed by atoms with Crippen LogP contribution >= 0.6 is 11.6 Å². The zero-order valence-electron chi connectivity index (χ0n) is 9.24. The molecule has 18 heavy (non-hydrogen) atoms. The molecule has 0 aliphatic carbocycles. The van der Waals surface area contributed by atoms with Crippen molar-refractivity contribution in [2.24, 2.45) is 0 Å². The van der Waals surface area contributed by atoms with Crippen LogP contribution in [0.1, 0.15) is 0 Å². The molecule has 90 valence electrons. The number of H-pyrrole nitrogens is 1. The SMILES string of the molecule is Nc1cc(-c2nc3ccc(F)cc3[nH]2)ccc1Cl. The Balaban J connectivity index is 2.16. The van der Waals surface area contributed by atoms with Crippen molar-refractivity contribution in [3.05, 3.63) is 47.2 Å². The highest BCUT2D eigenvalue weighted by Crippen LogP contribution is 2.26. The van der Waals surface area contributed by atoms with Gasteiger partial charge in [0.1, 0.15) is 11.6 Å². The number of nitrogen functional groups attached to an aromatic ring is 1. The number of nitrogens with zero attached hydrogens (tertiary/aromatic N) is 1. The number of aromatic amines is 1. The number of halogens is 2. The molecule has 0 radical (unpaired) electrons. The van der Waals surface area contributed by atoms with Crippen LogP contribution in [0, 0.1) is 5.82 Å². The van der Waals surface area contributed by atoms with E-state index < -0.39 is 0 Å². The number of nitrogens with two attached hydrogens (primary N) is 1. The molecule has 0 saturated carbocycles. The summed E-state index contributed by atoms with van der Waals surface area (Å²) in [6, 6.07) is 9.67. The molecule has 2 aromatic carbocycles. The lowest BCUT2D eigenvalue weighted by Gasteiger charge is -2.00. The predicted molar refractivity (Wildman–Crippen MR) is 70.9 cm³/mol. The van der Waals surface area contributed by atoms with E-state index in [1.807, 2.05) is 6.07 Å². The van der Waals surface area contributed by atoms with Gasteiger partial charge in [-0.25, -0.2) is 9.37 Å².